The van der Waals surface area contributed by atoms with E-state index in [-0.39, 0.29) is 16.7 Å². The van der Waals surface area contributed by atoms with Gasteiger partial charge in [0.1, 0.15) is 0 Å². The maximum Gasteiger partial charge on any atom is 0.223 e. The summed E-state index contributed by atoms with van der Waals surface area (Å²) in [5, 5.41) is 3.50. The van der Waals surface area contributed by atoms with Gasteiger partial charge in [0.2, 0.25) is 5.91 Å². The fraction of sp³-hybridized carbons (Fsp3) is 0.250. The highest BCUT2D eigenvalue weighted by Crippen LogP contribution is 2.28. The second-order valence-electron chi connectivity index (χ2n) is 6.43. The van der Waals surface area contributed by atoms with Gasteiger partial charge in [-0.1, -0.05) is 41.9 Å². The fourth-order valence-corrected chi connectivity index (χ4v) is 3.80. The molecule has 0 aliphatic carbocycles. The van der Waals surface area contributed by atoms with Crippen molar-refractivity contribution in [2.75, 3.05) is 12.8 Å². The monoisotopic (exact) mass is 389 g/mol. The standard InChI is InChI=1S/C20H20ClNO3S/c1-26(24,25)18-9-4-15(5-10-18)19(14-2-7-17(21)8-3-14)11-6-16-12-13-22-20(16)23/h2-5,7-11,16H,6,12-13H2,1H3,(H,22,23)/b19-11-. The molecule has 0 aromatic heterocycles. The highest BCUT2D eigenvalue weighted by Gasteiger charge is 2.23. The molecule has 1 aliphatic heterocycles. The molecule has 4 nitrogen and oxygen atoms in total. The van der Waals surface area contributed by atoms with E-state index in [2.05, 4.69) is 5.32 Å². The van der Waals surface area contributed by atoms with Crippen molar-refractivity contribution in [1.29, 1.82) is 0 Å². The Labute approximate surface area is 158 Å². The molecule has 1 amide bonds. The topological polar surface area (TPSA) is 63.2 Å². The first-order valence-corrected chi connectivity index (χ1v) is 10.7. The maximum absolute atomic E-state index is 11.8. The summed E-state index contributed by atoms with van der Waals surface area (Å²) >= 11 is 5.99. The van der Waals surface area contributed by atoms with Gasteiger partial charge < -0.3 is 5.32 Å². The summed E-state index contributed by atoms with van der Waals surface area (Å²) in [4.78, 5) is 12.1. The third-order valence-electron chi connectivity index (χ3n) is 4.52. The van der Waals surface area contributed by atoms with E-state index in [1.807, 2.05) is 30.3 Å². The minimum atomic E-state index is -3.24. The minimum Gasteiger partial charge on any atom is -0.356 e. The molecule has 0 saturated carbocycles. The van der Waals surface area contributed by atoms with Crippen molar-refractivity contribution in [3.8, 4) is 0 Å². The first-order chi connectivity index (χ1) is 12.3. The number of allylic oxidation sites excluding steroid dienone is 1. The van der Waals surface area contributed by atoms with Gasteiger partial charge in [-0.2, -0.15) is 0 Å². The average molecular weight is 390 g/mol. The molecule has 0 radical (unpaired) electrons. The lowest BCUT2D eigenvalue weighted by atomic mass is 9.94. The Morgan fingerprint density at radius 3 is 2.19 bits per heavy atom. The van der Waals surface area contributed by atoms with E-state index in [1.165, 1.54) is 6.26 Å². The smallest absolute Gasteiger partial charge is 0.223 e. The molecule has 0 spiro atoms. The summed E-state index contributed by atoms with van der Waals surface area (Å²) in [7, 11) is -3.24. The van der Waals surface area contributed by atoms with Crippen molar-refractivity contribution in [3.05, 3.63) is 70.8 Å². The van der Waals surface area contributed by atoms with Crippen LogP contribution in [0, 0.1) is 5.92 Å². The van der Waals surface area contributed by atoms with Crippen LogP contribution in [0.3, 0.4) is 0 Å². The van der Waals surface area contributed by atoms with Crippen LogP contribution in [0.2, 0.25) is 5.02 Å². The van der Waals surface area contributed by atoms with Gasteiger partial charge in [0, 0.05) is 23.7 Å². The van der Waals surface area contributed by atoms with Gasteiger partial charge >= 0.3 is 0 Å². The van der Waals surface area contributed by atoms with Gasteiger partial charge in [-0.3, -0.25) is 4.79 Å². The molecule has 3 rings (SSSR count). The Morgan fingerprint density at radius 2 is 1.69 bits per heavy atom. The molecule has 2 aromatic rings. The van der Waals surface area contributed by atoms with Crippen molar-refractivity contribution in [2.24, 2.45) is 5.92 Å². The summed E-state index contributed by atoms with van der Waals surface area (Å²) in [6, 6.07) is 14.3. The van der Waals surface area contributed by atoms with Crippen LogP contribution in [0.4, 0.5) is 0 Å². The zero-order valence-electron chi connectivity index (χ0n) is 14.4. The first-order valence-electron chi connectivity index (χ1n) is 8.39. The highest BCUT2D eigenvalue weighted by atomic mass is 35.5. The predicted molar refractivity (Wildman–Crippen MR) is 104 cm³/mol. The van der Waals surface area contributed by atoms with Crippen molar-refractivity contribution in [3.63, 3.8) is 0 Å². The number of carbonyl (C=O) groups is 1. The van der Waals surface area contributed by atoms with Crippen LogP contribution in [0.5, 0.6) is 0 Å². The van der Waals surface area contributed by atoms with E-state index in [0.29, 0.717) is 11.4 Å². The molecular formula is C20H20ClNO3S. The van der Waals surface area contributed by atoms with Crippen LogP contribution in [0.25, 0.3) is 5.57 Å². The van der Waals surface area contributed by atoms with Crippen molar-refractivity contribution in [1.82, 2.24) is 5.32 Å². The summed E-state index contributed by atoms with van der Waals surface area (Å²) in [6.45, 7) is 0.719. The van der Waals surface area contributed by atoms with Crippen molar-refractivity contribution >= 4 is 32.9 Å². The number of benzene rings is 2. The summed E-state index contributed by atoms with van der Waals surface area (Å²) in [5.41, 5.74) is 2.83. The van der Waals surface area contributed by atoms with E-state index in [4.69, 9.17) is 11.6 Å². The third kappa shape index (κ3) is 4.34. The predicted octanol–water partition coefficient (Wildman–Crippen LogP) is 3.70. The molecular weight excluding hydrogens is 370 g/mol. The Morgan fingerprint density at radius 1 is 1.12 bits per heavy atom. The lowest BCUT2D eigenvalue weighted by Crippen LogP contribution is -2.18. The van der Waals surface area contributed by atoms with Gasteiger partial charge in [-0.15, -0.1) is 0 Å². The van der Waals surface area contributed by atoms with Gasteiger partial charge in [0.05, 0.1) is 4.90 Å². The fourth-order valence-electron chi connectivity index (χ4n) is 3.04. The molecule has 1 heterocycles. The van der Waals surface area contributed by atoms with Gasteiger partial charge in [0.25, 0.3) is 0 Å². The lowest BCUT2D eigenvalue weighted by Gasteiger charge is -2.11. The van der Waals surface area contributed by atoms with Crippen LogP contribution in [-0.2, 0) is 14.6 Å². The van der Waals surface area contributed by atoms with Gasteiger partial charge in [0.15, 0.2) is 9.84 Å². The Balaban J connectivity index is 1.97. The molecule has 1 N–H and O–H groups in total. The number of rotatable bonds is 5. The molecule has 26 heavy (non-hydrogen) atoms. The third-order valence-corrected chi connectivity index (χ3v) is 5.90. The number of sulfone groups is 1. The summed E-state index contributed by atoms with van der Waals surface area (Å²) < 4.78 is 23.4. The SMILES string of the molecule is CS(=O)(=O)c1ccc(/C(=C\CC2CCNC2=O)c2ccc(Cl)cc2)cc1. The Hall–Kier alpha value is -2.11. The molecule has 1 unspecified atom stereocenters. The van der Waals surface area contributed by atoms with Crippen molar-refractivity contribution < 1.29 is 13.2 Å². The molecule has 1 saturated heterocycles. The zero-order valence-corrected chi connectivity index (χ0v) is 16.0. The number of hydrogen-bond acceptors (Lipinski definition) is 3. The number of nitrogens with one attached hydrogen (secondary N) is 1. The molecule has 1 atom stereocenters. The largest absolute Gasteiger partial charge is 0.356 e. The summed E-state index contributed by atoms with van der Waals surface area (Å²) in [6.07, 6.45) is 4.71. The van der Waals surface area contributed by atoms with Crippen LogP contribution in [0.15, 0.2) is 59.5 Å². The van der Waals surface area contributed by atoms with Crippen LogP contribution < -0.4 is 5.32 Å². The first kappa shape index (κ1) is 18.7. The van der Waals surface area contributed by atoms with Crippen LogP contribution in [0.1, 0.15) is 24.0 Å². The van der Waals surface area contributed by atoms with E-state index >= 15 is 0 Å². The van der Waals surface area contributed by atoms with Crippen LogP contribution >= 0.6 is 11.6 Å². The molecule has 2 aromatic carbocycles. The quantitative estimate of drug-likeness (QED) is 0.847. The molecule has 6 heteroatoms. The Bertz CT molecular complexity index is 932. The second-order valence-corrected chi connectivity index (χ2v) is 8.89. The number of carbonyl (C=O) groups excluding carboxylic acids is 1. The van der Waals surface area contributed by atoms with E-state index < -0.39 is 9.84 Å². The number of amides is 1. The van der Waals surface area contributed by atoms with E-state index in [1.54, 1.807) is 24.3 Å². The van der Waals surface area contributed by atoms with E-state index in [9.17, 15) is 13.2 Å². The van der Waals surface area contributed by atoms with Crippen molar-refractivity contribution in [2.45, 2.75) is 17.7 Å². The maximum atomic E-state index is 11.8. The number of halogens is 1. The van der Waals surface area contributed by atoms with E-state index in [0.717, 1.165) is 29.7 Å². The molecule has 136 valence electrons. The zero-order chi connectivity index (χ0) is 18.7. The van der Waals surface area contributed by atoms with Gasteiger partial charge in [-0.05, 0) is 53.8 Å². The normalized spacial score (nSPS) is 18.0. The van der Waals surface area contributed by atoms with Crippen LogP contribution in [-0.4, -0.2) is 27.1 Å². The second kappa shape index (κ2) is 7.64. The Kier molecular flexibility index (Phi) is 5.49. The lowest BCUT2D eigenvalue weighted by molar-refractivity contribution is -0.122. The molecule has 1 fully saturated rings. The number of hydrogen-bond donors (Lipinski definition) is 1. The summed E-state index contributed by atoms with van der Waals surface area (Å²) in [5.74, 6) is 0.0664. The van der Waals surface area contributed by atoms with Gasteiger partial charge in [-0.25, -0.2) is 8.42 Å². The average Bonchev–Trinajstić information content (AvgIpc) is 3.01. The molecule has 1 aliphatic rings. The minimum absolute atomic E-state index is 0.0207. The highest BCUT2D eigenvalue weighted by molar-refractivity contribution is 7.90. The molecule has 0 bridgehead atoms.